The van der Waals surface area contributed by atoms with Crippen LogP contribution in [0.25, 0.3) is 32.8 Å². The van der Waals surface area contributed by atoms with Crippen molar-refractivity contribution in [1.82, 2.24) is 4.98 Å². The quantitative estimate of drug-likeness (QED) is 0.262. The number of aryl methyl sites for hydroxylation is 1. The second kappa shape index (κ2) is 9.55. The van der Waals surface area contributed by atoms with Crippen LogP contribution in [0.15, 0.2) is 54.7 Å². The Bertz CT molecular complexity index is 1450. The Morgan fingerprint density at radius 1 is 1.14 bits per heavy atom. The SMILES string of the molecule is CCOC(=O)[C@@H](OC(C)(C)CC)c1c(C)cc2ccccc2c1-c1ccc2c3c(ccnc13)CCO2. The number of benzene rings is 3. The van der Waals surface area contributed by atoms with Gasteiger partial charge in [-0.25, -0.2) is 4.79 Å². The molecule has 0 aliphatic carbocycles. The molecule has 0 saturated heterocycles. The Hall–Kier alpha value is -3.44. The molecule has 0 spiro atoms. The molecule has 1 aromatic heterocycles. The van der Waals surface area contributed by atoms with Crippen LogP contribution < -0.4 is 4.74 Å². The lowest BCUT2D eigenvalue weighted by atomic mass is 9.85. The highest BCUT2D eigenvalue weighted by molar-refractivity contribution is 6.08. The van der Waals surface area contributed by atoms with Gasteiger partial charge in [0.05, 0.1) is 24.3 Å². The number of hydrogen-bond donors (Lipinski definition) is 0. The van der Waals surface area contributed by atoms with Crippen molar-refractivity contribution in [2.75, 3.05) is 13.2 Å². The molecule has 0 N–H and O–H groups in total. The van der Waals surface area contributed by atoms with E-state index in [-0.39, 0.29) is 12.6 Å². The first-order valence-corrected chi connectivity index (χ1v) is 12.7. The Morgan fingerprint density at radius 3 is 2.72 bits per heavy atom. The summed E-state index contributed by atoms with van der Waals surface area (Å²) in [5.74, 6) is 0.476. The molecule has 186 valence electrons. The predicted molar refractivity (Wildman–Crippen MR) is 143 cm³/mol. The summed E-state index contributed by atoms with van der Waals surface area (Å²) in [5.41, 5.74) is 5.31. The van der Waals surface area contributed by atoms with E-state index in [0.717, 1.165) is 62.5 Å². The minimum Gasteiger partial charge on any atom is -0.493 e. The Kier molecular flexibility index (Phi) is 6.44. The van der Waals surface area contributed by atoms with E-state index in [9.17, 15) is 4.79 Å². The smallest absolute Gasteiger partial charge is 0.339 e. The minimum absolute atomic E-state index is 0.285. The second-order valence-corrected chi connectivity index (χ2v) is 9.97. The summed E-state index contributed by atoms with van der Waals surface area (Å²) in [5, 5.41) is 3.19. The molecule has 36 heavy (non-hydrogen) atoms. The molecule has 0 saturated carbocycles. The molecule has 0 fully saturated rings. The van der Waals surface area contributed by atoms with E-state index in [0.29, 0.717) is 6.61 Å². The molecule has 5 nitrogen and oxygen atoms in total. The lowest BCUT2D eigenvalue weighted by Gasteiger charge is -2.31. The fourth-order valence-corrected chi connectivity index (χ4v) is 5.08. The molecule has 0 amide bonds. The molecule has 1 aliphatic rings. The van der Waals surface area contributed by atoms with E-state index in [1.54, 1.807) is 0 Å². The lowest BCUT2D eigenvalue weighted by Crippen LogP contribution is -2.31. The van der Waals surface area contributed by atoms with Crippen LogP contribution in [0.1, 0.15) is 56.9 Å². The zero-order valence-corrected chi connectivity index (χ0v) is 21.7. The van der Waals surface area contributed by atoms with E-state index in [2.05, 4.69) is 37.3 Å². The average Bonchev–Trinajstić information content (AvgIpc) is 2.88. The number of rotatable bonds is 7. The third-order valence-electron chi connectivity index (χ3n) is 7.19. The van der Waals surface area contributed by atoms with Gasteiger partial charge in [-0.1, -0.05) is 37.3 Å². The van der Waals surface area contributed by atoms with Gasteiger partial charge in [0, 0.05) is 29.1 Å². The highest BCUT2D eigenvalue weighted by Gasteiger charge is 2.34. The monoisotopic (exact) mass is 483 g/mol. The summed E-state index contributed by atoms with van der Waals surface area (Å²) in [6.07, 6.45) is 2.59. The number of esters is 1. The van der Waals surface area contributed by atoms with Gasteiger partial charge in [-0.05, 0) is 79.8 Å². The molecular formula is C31H33NO4. The molecular weight excluding hydrogens is 450 g/mol. The minimum atomic E-state index is -0.874. The van der Waals surface area contributed by atoms with Gasteiger partial charge < -0.3 is 14.2 Å². The van der Waals surface area contributed by atoms with Crippen LogP contribution in [0.2, 0.25) is 0 Å². The van der Waals surface area contributed by atoms with Gasteiger partial charge in [0.2, 0.25) is 0 Å². The first kappa shape index (κ1) is 24.3. The van der Waals surface area contributed by atoms with Gasteiger partial charge >= 0.3 is 5.97 Å². The van der Waals surface area contributed by atoms with Crippen LogP contribution >= 0.6 is 0 Å². The highest BCUT2D eigenvalue weighted by Crippen LogP contribution is 2.45. The number of fused-ring (bicyclic) bond motifs is 1. The number of hydrogen-bond acceptors (Lipinski definition) is 5. The Morgan fingerprint density at radius 2 is 1.94 bits per heavy atom. The summed E-state index contributed by atoms with van der Waals surface area (Å²) in [6, 6.07) is 16.6. The zero-order chi connectivity index (χ0) is 25.4. The molecule has 0 unspecified atom stereocenters. The average molecular weight is 484 g/mol. The van der Waals surface area contributed by atoms with Crippen LogP contribution in [0.3, 0.4) is 0 Å². The third-order valence-corrected chi connectivity index (χ3v) is 7.19. The maximum absolute atomic E-state index is 13.5. The normalized spacial score (nSPS) is 14.0. The molecule has 0 radical (unpaired) electrons. The first-order chi connectivity index (χ1) is 17.3. The van der Waals surface area contributed by atoms with Gasteiger partial charge in [-0.2, -0.15) is 0 Å². The lowest BCUT2D eigenvalue weighted by molar-refractivity contribution is -0.168. The Balaban J connectivity index is 1.87. The van der Waals surface area contributed by atoms with Crippen molar-refractivity contribution in [1.29, 1.82) is 0 Å². The van der Waals surface area contributed by atoms with Crippen molar-refractivity contribution in [3.63, 3.8) is 0 Å². The van der Waals surface area contributed by atoms with E-state index >= 15 is 0 Å². The van der Waals surface area contributed by atoms with Gasteiger partial charge in [-0.15, -0.1) is 0 Å². The fraction of sp³-hybridized carbons (Fsp3) is 0.355. The number of carbonyl (C=O) groups is 1. The van der Waals surface area contributed by atoms with Crippen molar-refractivity contribution < 1.29 is 19.0 Å². The predicted octanol–water partition coefficient (Wildman–Crippen LogP) is 7.11. The molecule has 3 aromatic carbocycles. The standard InChI is InChI=1S/C31H33NO4/c1-6-31(4,5)36-29(30(33)34-7-2)25-19(3)18-21-10-8-9-11-22(21)27(25)23-12-13-24-26-20(15-17-35-24)14-16-32-28(23)26/h8-14,16,18,29H,6-7,15,17H2,1-5H3/t29-/m0/s1. The summed E-state index contributed by atoms with van der Waals surface area (Å²) in [6.45, 7) is 10.9. The highest BCUT2D eigenvalue weighted by atomic mass is 16.6. The van der Waals surface area contributed by atoms with E-state index in [4.69, 9.17) is 19.2 Å². The van der Waals surface area contributed by atoms with Gasteiger partial charge in [0.25, 0.3) is 0 Å². The molecule has 1 atom stereocenters. The van der Waals surface area contributed by atoms with Crippen molar-refractivity contribution in [3.8, 4) is 16.9 Å². The van der Waals surface area contributed by atoms with Gasteiger partial charge in [-0.3, -0.25) is 4.98 Å². The topological polar surface area (TPSA) is 57.7 Å². The summed E-state index contributed by atoms with van der Waals surface area (Å²) < 4.78 is 18.1. The van der Waals surface area contributed by atoms with Gasteiger partial charge in [0.1, 0.15) is 5.75 Å². The molecule has 5 rings (SSSR count). The largest absolute Gasteiger partial charge is 0.493 e. The molecule has 1 aliphatic heterocycles. The van der Waals surface area contributed by atoms with Crippen LogP contribution in [-0.2, 0) is 20.7 Å². The molecule has 4 aromatic rings. The van der Waals surface area contributed by atoms with Crippen LogP contribution in [0, 0.1) is 6.92 Å². The second-order valence-electron chi connectivity index (χ2n) is 9.97. The van der Waals surface area contributed by atoms with Crippen molar-refractivity contribution >= 4 is 27.6 Å². The maximum Gasteiger partial charge on any atom is 0.339 e. The van der Waals surface area contributed by atoms with Crippen molar-refractivity contribution in [3.05, 3.63) is 71.4 Å². The summed E-state index contributed by atoms with van der Waals surface area (Å²) >= 11 is 0. The van der Waals surface area contributed by atoms with E-state index < -0.39 is 11.7 Å². The van der Waals surface area contributed by atoms with E-state index in [1.165, 1.54) is 5.56 Å². The van der Waals surface area contributed by atoms with Crippen LogP contribution in [-0.4, -0.2) is 29.8 Å². The molecule has 5 heteroatoms. The van der Waals surface area contributed by atoms with E-state index in [1.807, 2.05) is 52.1 Å². The van der Waals surface area contributed by atoms with Crippen LogP contribution in [0.5, 0.6) is 5.75 Å². The maximum atomic E-state index is 13.5. The van der Waals surface area contributed by atoms with Crippen molar-refractivity contribution in [2.45, 2.75) is 59.2 Å². The van der Waals surface area contributed by atoms with Crippen LogP contribution in [0.4, 0.5) is 0 Å². The number of pyridine rings is 1. The fourth-order valence-electron chi connectivity index (χ4n) is 5.08. The van der Waals surface area contributed by atoms with Gasteiger partial charge in [0.15, 0.2) is 6.10 Å². The number of nitrogens with zero attached hydrogens (tertiary/aromatic N) is 1. The molecule has 2 heterocycles. The summed E-state index contributed by atoms with van der Waals surface area (Å²) in [4.78, 5) is 18.3. The van der Waals surface area contributed by atoms with Crippen molar-refractivity contribution in [2.24, 2.45) is 0 Å². The third kappa shape index (κ3) is 4.22. The number of aromatic nitrogens is 1. The molecule has 0 bridgehead atoms. The first-order valence-electron chi connectivity index (χ1n) is 12.7. The summed E-state index contributed by atoms with van der Waals surface area (Å²) in [7, 11) is 0. The Labute approximate surface area is 212 Å². The number of carbonyl (C=O) groups excluding carboxylic acids is 1. The zero-order valence-electron chi connectivity index (χ0n) is 21.7. The number of ether oxygens (including phenoxy) is 3.